The Morgan fingerprint density at radius 2 is 2.10 bits per heavy atom. The number of sulfonamides is 1. The standard InChI is InChI=1S/C14H19N3O2S/c1-11-8-14(3-2-13(11)9-15)20(18,19)17-10-12-4-6-16-7-5-12/h2-3,8,12,16-17H,4-7,10H2,1H3. The quantitative estimate of drug-likeness (QED) is 0.872. The van der Waals surface area contributed by atoms with Gasteiger partial charge in [-0.25, -0.2) is 13.1 Å². The fraction of sp³-hybridized carbons (Fsp3) is 0.500. The zero-order valence-corrected chi connectivity index (χ0v) is 12.3. The number of piperidine rings is 1. The molecule has 20 heavy (non-hydrogen) atoms. The SMILES string of the molecule is Cc1cc(S(=O)(=O)NCC2CCNCC2)ccc1C#N. The minimum Gasteiger partial charge on any atom is -0.317 e. The number of rotatable bonds is 4. The summed E-state index contributed by atoms with van der Waals surface area (Å²) in [6, 6.07) is 6.61. The Labute approximate surface area is 120 Å². The van der Waals surface area contributed by atoms with E-state index in [0.717, 1.165) is 25.9 Å². The van der Waals surface area contributed by atoms with Crippen molar-refractivity contribution in [2.45, 2.75) is 24.7 Å². The second-order valence-electron chi connectivity index (χ2n) is 5.13. The fourth-order valence-electron chi connectivity index (χ4n) is 2.33. The molecule has 0 atom stereocenters. The first-order valence-electron chi connectivity index (χ1n) is 6.74. The molecule has 2 N–H and O–H groups in total. The molecule has 0 unspecified atom stereocenters. The lowest BCUT2D eigenvalue weighted by molar-refractivity contribution is 0.372. The molecule has 2 rings (SSSR count). The minimum absolute atomic E-state index is 0.225. The van der Waals surface area contributed by atoms with Gasteiger partial charge in [0.05, 0.1) is 16.5 Å². The number of benzene rings is 1. The van der Waals surface area contributed by atoms with E-state index < -0.39 is 10.0 Å². The molecule has 5 nitrogen and oxygen atoms in total. The summed E-state index contributed by atoms with van der Waals surface area (Å²) in [6.45, 7) is 4.11. The third kappa shape index (κ3) is 3.57. The van der Waals surface area contributed by atoms with E-state index in [9.17, 15) is 8.42 Å². The van der Waals surface area contributed by atoms with Crippen molar-refractivity contribution in [3.05, 3.63) is 29.3 Å². The topological polar surface area (TPSA) is 82.0 Å². The Balaban J connectivity index is 2.06. The average Bonchev–Trinajstić information content (AvgIpc) is 2.46. The number of hydrogen-bond donors (Lipinski definition) is 2. The van der Waals surface area contributed by atoms with Crippen LogP contribution in [0.5, 0.6) is 0 Å². The smallest absolute Gasteiger partial charge is 0.240 e. The minimum atomic E-state index is -3.49. The molecule has 0 aromatic heterocycles. The Bertz CT molecular complexity index is 614. The van der Waals surface area contributed by atoms with Gasteiger partial charge in [-0.2, -0.15) is 5.26 Å². The number of aryl methyl sites for hydroxylation is 1. The first-order chi connectivity index (χ1) is 9.53. The molecule has 1 saturated heterocycles. The monoisotopic (exact) mass is 293 g/mol. The molecule has 0 aliphatic carbocycles. The Kier molecular flexibility index (Phi) is 4.76. The van der Waals surface area contributed by atoms with Crippen LogP contribution in [0.2, 0.25) is 0 Å². The van der Waals surface area contributed by atoms with Crippen molar-refractivity contribution in [1.29, 1.82) is 5.26 Å². The molecule has 0 radical (unpaired) electrons. The third-order valence-corrected chi connectivity index (χ3v) is 5.07. The molecule has 0 spiro atoms. The first kappa shape index (κ1) is 15.0. The molecular formula is C14H19N3O2S. The van der Waals surface area contributed by atoms with E-state index in [-0.39, 0.29) is 4.90 Å². The van der Waals surface area contributed by atoms with E-state index in [0.29, 0.717) is 23.6 Å². The molecule has 0 bridgehead atoms. The second-order valence-corrected chi connectivity index (χ2v) is 6.90. The van der Waals surface area contributed by atoms with Crippen molar-refractivity contribution in [3.8, 4) is 6.07 Å². The van der Waals surface area contributed by atoms with Gasteiger partial charge in [0.2, 0.25) is 10.0 Å². The molecule has 1 heterocycles. The van der Waals surface area contributed by atoms with Crippen LogP contribution in [0.1, 0.15) is 24.0 Å². The number of nitrogens with one attached hydrogen (secondary N) is 2. The summed E-state index contributed by atoms with van der Waals surface area (Å²) >= 11 is 0. The third-order valence-electron chi connectivity index (χ3n) is 3.65. The van der Waals surface area contributed by atoms with Crippen LogP contribution >= 0.6 is 0 Å². The molecule has 6 heteroatoms. The molecule has 1 fully saturated rings. The maximum absolute atomic E-state index is 12.2. The van der Waals surface area contributed by atoms with E-state index in [1.165, 1.54) is 6.07 Å². The van der Waals surface area contributed by atoms with Crippen LogP contribution in [0, 0.1) is 24.2 Å². The molecule has 1 aromatic rings. The maximum Gasteiger partial charge on any atom is 0.240 e. The first-order valence-corrected chi connectivity index (χ1v) is 8.22. The van der Waals surface area contributed by atoms with Crippen LogP contribution in [0.15, 0.2) is 23.1 Å². The molecule has 1 aromatic carbocycles. The van der Waals surface area contributed by atoms with Crippen LogP contribution in [-0.2, 0) is 10.0 Å². The summed E-state index contributed by atoms with van der Waals surface area (Å²) in [6.07, 6.45) is 1.99. The van der Waals surface area contributed by atoms with Gasteiger partial charge in [0.15, 0.2) is 0 Å². The average molecular weight is 293 g/mol. The van der Waals surface area contributed by atoms with E-state index >= 15 is 0 Å². The highest BCUT2D eigenvalue weighted by molar-refractivity contribution is 7.89. The highest BCUT2D eigenvalue weighted by atomic mass is 32.2. The predicted octanol–water partition coefficient (Wildman–Crippen LogP) is 1.14. The van der Waals surface area contributed by atoms with Crippen molar-refractivity contribution < 1.29 is 8.42 Å². The van der Waals surface area contributed by atoms with Crippen LogP contribution in [-0.4, -0.2) is 28.1 Å². The largest absolute Gasteiger partial charge is 0.317 e. The van der Waals surface area contributed by atoms with Gasteiger partial charge in [0.1, 0.15) is 0 Å². The van der Waals surface area contributed by atoms with E-state index in [2.05, 4.69) is 10.0 Å². The van der Waals surface area contributed by atoms with Crippen LogP contribution in [0.25, 0.3) is 0 Å². The van der Waals surface area contributed by atoms with Gasteiger partial charge >= 0.3 is 0 Å². The summed E-state index contributed by atoms with van der Waals surface area (Å²) in [5.41, 5.74) is 1.18. The zero-order chi connectivity index (χ0) is 14.6. The Morgan fingerprint density at radius 1 is 1.40 bits per heavy atom. The zero-order valence-electron chi connectivity index (χ0n) is 11.5. The van der Waals surface area contributed by atoms with E-state index in [1.54, 1.807) is 19.1 Å². The van der Waals surface area contributed by atoms with Crippen molar-refractivity contribution in [1.82, 2.24) is 10.0 Å². The van der Waals surface area contributed by atoms with Gasteiger partial charge in [-0.3, -0.25) is 0 Å². The summed E-state index contributed by atoms with van der Waals surface area (Å²) in [4.78, 5) is 0.225. The summed E-state index contributed by atoms with van der Waals surface area (Å²) in [7, 11) is -3.49. The molecule has 0 amide bonds. The van der Waals surface area contributed by atoms with Crippen LogP contribution < -0.4 is 10.0 Å². The van der Waals surface area contributed by atoms with Crippen molar-refractivity contribution >= 4 is 10.0 Å². The number of nitrogens with zero attached hydrogens (tertiary/aromatic N) is 1. The Hall–Kier alpha value is -1.42. The molecule has 108 valence electrons. The highest BCUT2D eigenvalue weighted by Crippen LogP contribution is 2.16. The lowest BCUT2D eigenvalue weighted by Gasteiger charge is -2.22. The maximum atomic E-state index is 12.2. The van der Waals surface area contributed by atoms with Crippen molar-refractivity contribution in [2.24, 2.45) is 5.92 Å². The summed E-state index contributed by atoms with van der Waals surface area (Å²) < 4.78 is 27.1. The van der Waals surface area contributed by atoms with Gasteiger partial charge in [-0.05, 0) is 62.5 Å². The van der Waals surface area contributed by atoms with Crippen molar-refractivity contribution in [3.63, 3.8) is 0 Å². The van der Waals surface area contributed by atoms with Crippen molar-refractivity contribution in [2.75, 3.05) is 19.6 Å². The number of nitriles is 1. The molecule has 0 saturated carbocycles. The van der Waals surface area contributed by atoms with Gasteiger partial charge in [-0.15, -0.1) is 0 Å². The highest BCUT2D eigenvalue weighted by Gasteiger charge is 2.19. The molecule has 1 aliphatic heterocycles. The van der Waals surface area contributed by atoms with Gasteiger partial charge in [0.25, 0.3) is 0 Å². The fourth-order valence-corrected chi connectivity index (χ4v) is 3.53. The van der Waals surface area contributed by atoms with E-state index in [4.69, 9.17) is 5.26 Å². The van der Waals surface area contributed by atoms with Gasteiger partial charge in [-0.1, -0.05) is 0 Å². The second kappa shape index (κ2) is 6.35. The lowest BCUT2D eigenvalue weighted by atomic mass is 9.99. The molecular weight excluding hydrogens is 274 g/mol. The normalized spacial score (nSPS) is 16.8. The Morgan fingerprint density at radius 3 is 2.70 bits per heavy atom. The van der Waals surface area contributed by atoms with Gasteiger partial charge < -0.3 is 5.32 Å². The van der Waals surface area contributed by atoms with E-state index in [1.807, 2.05) is 6.07 Å². The summed E-state index contributed by atoms with van der Waals surface area (Å²) in [5.74, 6) is 0.394. The van der Waals surface area contributed by atoms with Crippen LogP contribution in [0.3, 0.4) is 0 Å². The number of hydrogen-bond acceptors (Lipinski definition) is 4. The predicted molar refractivity (Wildman–Crippen MR) is 76.7 cm³/mol. The van der Waals surface area contributed by atoms with Gasteiger partial charge in [0, 0.05) is 6.54 Å². The summed E-state index contributed by atoms with van der Waals surface area (Å²) in [5, 5.41) is 12.1. The lowest BCUT2D eigenvalue weighted by Crippen LogP contribution is -2.36. The molecule has 1 aliphatic rings. The van der Waals surface area contributed by atoms with Crippen LogP contribution in [0.4, 0.5) is 0 Å².